The van der Waals surface area contributed by atoms with Crippen molar-refractivity contribution in [2.75, 3.05) is 32.7 Å². The van der Waals surface area contributed by atoms with Gasteiger partial charge in [-0.2, -0.15) is 15.4 Å². The van der Waals surface area contributed by atoms with Crippen LogP contribution in [-0.2, 0) is 39.1 Å². The number of anilines is 1. The smallest absolute Gasteiger partial charge is 0.459 e. The van der Waals surface area contributed by atoms with Crippen molar-refractivity contribution < 1.29 is 42.8 Å². The average molecular weight is 633 g/mol. The number of benzene rings is 1. The van der Waals surface area contributed by atoms with Crippen LogP contribution >= 0.6 is 7.75 Å². The lowest BCUT2D eigenvalue weighted by Gasteiger charge is -2.26. The third kappa shape index (κ3) is 6.87. The van der Waals surface area contributed by atoms with Crippen molar-refractivity contribution in [1.29, 1.82) is 5.26 Å². The first-order chi connectivity index (χ1) is 20.7. The van der Waals surface area contributed by atoms with E-state index in [0.717, 1.165) is 5.56 Å². The van der Waals surface area contributed by atoms with Crippen LogP contribution in [0.3, 0.4) is 0 Å². The lowest BCUT2D eigenvalue weighted by molar-refractivity contribution is -0.146. The zero-order chi connectivity index (χ0) is 32.3. The normalized spacial score (nSPS) is 24.0. The van der Waals surface area contributed by atoms with Gasteiger partial charge in [-0.25, -0.2) is 14.1 Å². The van der Waals surface area contributed by atoms with Crippen LogP contribution in [0.2, 0.25) is 0 Å². The molecule has 4 rings (SSSR count). The number of fused-ring (bicyclic) bond motifs is 1. The number of aliphatic hydroxyl groups excluding tert-OH is 2. The fourth-order valence-corrected chi connectivity index (χ4v) is 6.11. The van der Waals surface area contributed by atoms with Crippen molar-refractivity contribution in [3.05, 3.63) is 54.0 Å². The Morgan fingerprint density at radius 2 is 1.95 bits per heavy atom. The van der Waals surface area contributed by atoms with E-state index in [4.69, 9.17) is 29.0 Å². The average Bonchev–Trinajstić information content (AvgIpc) is 3.52. The number of methoxy groups -OCH3 is 1. The van der Waals surface area contributed by atoms with E-state index in [9.17, 15) is 24.8 Å². The van der Waals surface area contributed by atoms with Gasteiger partial charge in [0, 0.05) is 7.11 Å². The summed E-state index contributed by atoms with van der Waals surface area (Å²) in [7, 11) is -2.93. The maximum atomic E-state index is 14.0. The molecule has 1 aliphatic heterocycles. The molecule has 1 unspecified atom stereocenters. The van der Waals surface area contributed by atoms with Gasteiger partial charge in [0.2, 0.25) is 5.60 Å². The molecule has 5 N–H and O–H groups in total. The molecular formula is C28H37N6O9P. The highest BCUT2D eigenvalue weighted by Gasteiger charge is 2.58. The summed E-state index contributed by atoms with van der Waals surface area (Å²) in [6.45, 7) is 7.05. The van der Waals surface area contributed by atoms with Gasteiger partial charge in [-0.05, 0) is 42.2 Å². The Kier molecular flexibility index (Phi) is 9.96. The van der Waals surface area contributed by atoms with Gasteiger partial charge in [-0.15, -0.1) is 0 Å². The fourth-order valence-electron chi connectivity index (χ4n) is 4.61. The Balaban J connectivity index is 1.57. The summed E-state index contributed by atoms with van der Waals surface area (Å²) in [5, 5.41) is 38.8. The van der Waals surface area contributed by atoms with E-state index in [0.29, 0.717) is 5.52 Å². The van der Waals surface area contributed by atoms with E-state index < -0.39 is 50.3 Å². The summed E-state index contributed by atoms with van der Waals surface area (Å²) in [5.41, 5.74) is 5.10. The van der Waals surface area contributed by atoms with Crippen molar-refractivity contribution in [1.82, 2.24) is 19.7 Å². The highest BCUT2D eigenvalue weighted by Crippen LogP contribution is 2.47. The molecule has 3 aromatic rings. The van der Waals surface area contributed by atoms with Gasteiger partial charge in [-0.3, -0.25) is 9.32 Å². The van der Waals surface area contributed by atoms with Gasteiger partial charge < -0.3 is 34.7 Å². The van der Waals surface area contributed by atoms with E-state index in [1.165, 1.54) is 30.9 Å². The van der Waals surface area contributed by atoms with E-state index in [1.54, 1.807) is 18.2 Å². The number of carbonyl (C=O) groups excluding carboxylic acids is 1. The van der Waals surface area contributed by atoms with Crippen molar-refractivity contribution >= 4 is 25.1 Å². The van der Waals surface area contributed by atoms with Crippen LogP contribution in [0.4, 0.5) is 5.82 Å². The van der Waals surface area contributed by atoms with Crippen LogP contribution in [0.15, 0.2) is 42.7 Å². The molecule has 1 saturated heterocycles. The van der Waals surface area contributed by atoms with Gasteiger partial charge in [0.05, 0.1) is 18.9 Å². The van der Waals surface area contributed by atoms with Crippen LogP contribution in [0.1, 0.15) is 39.0 Å². The second-order valence-electron chi connectivity index (χ2n) is 11.3. The van der Waals surface area contributed by atoms with E-state index in [2.05, 4.69) is 15.2 Å². The first-order valence-corrected chi connectivity index (χ1v) is 15.3. The summed E-state index contributed by atoms with van der Waals surface area (Å²) in [6, 6.07) is 10.6. The van der Waals surface area contributed by atoms with Gasteiger partial charge in [-0.1, -0.05) is 32.9 Å². The summed E-state index contributed by atoms with van der Waals surface area (Å²) in [6.07, 6.45) is -3.61. The molecule has 44 heavy (non-hydrogen) atoms. The number of hydrogen-bond acceptors (Lipinski definition) is 13. The maximum Gasteiger partial charge on any atom is 0.459 e. The van der Waals surface area contributed by atoms with E-state index in [-0.39, 0.29) is 35.9 Å². The number of hydrogen-bond donors (Lipinski definition) is 4. The molecule has 2 aromatic heterocycles. The Bertz CT molecular complexity index is 1550. The number of nitrogens with one attached hydrogen (secondary N) is 1. The monoisotopic (exact) mass is 632 g/mol. The van der Waals surface area contributed by atoms with E-state index >= 15 is 0 Å². The molecule has 0 aliphatic carbocycles. The number of nitrogens with zero attached hydrogens (tertiary/aromatic N) is 4. The van der Waals surface area contributed by atoms with Crippen molar-refractivity contribution in [3.8, 4) is 11.8 Å². The van der Waals surface area contributed by atoms with Gasteiger partial charge >= 0.3 is 13.7 Å². The second-order valence-corrected chi connectivity index (χ2v) is 13.0. The number of esters is 1. The number of nitrogens with two attached hydrogens (primary N) is 1. The van der Waals surface area contributed by atoms with Crippen molar-refractivity contribution in [2.45, 2.75) is 63.1 Å². The molecule has 0 saturated carbocycles. The molecule has 0 spiro atoms. The minimum absolute atomic E-state index is 0.0249. The first-order valence-electron chi connectivity index (χ1n) is 13.8. The minimum Gasteiger partial charge on any atom is -0.462 e. The van der Waals surface area contributed by atoms with Gasteiger partial charge in [0.15, 0.2) is 5.82 Å². The maximum absolute atomic E-state index is 14.0. The predicted molar refractivity (Wildman–Crippen MR) is 156 cm³/mol. The molecule has 1 aliphatic rings. The standard InChI is InChI=1S/C28H37N6O9P/c1-17(26(37)40-13-12-39-5)33-44(38,43-19-8-6-18(7-9-19)27(2,3)4)41-14-21-23(35)24(36)28(15-29,42-21)22-11-10-20-25(30)31-16-32-34(20)22/h6-11,16-17,21,23-24,35-36H,12-14H2,1-5H3,(H,33,38)(H2,30,31,32)/t17-,21+,23+,24+,28-,44?/m0/s1. The number of aliphatic hydroxyl groups is 2. The van der Waals surface area contributed by atoms with Crippen LogP contribution in [0.25, 0.3) is 5.52 Å². The highest BCUT2D eigenvalue weighted by molar-refractivity contribution is 7.52. The Morgan fingerprint density at radius 3 is 2.59 bits per heavy atom. The number of carbonyl (C=O) groups is 1. The van der Waals surface area contributed by atoms with Crippen LogP contribution in [0, 0.1) is 11.3 Å². The quantitative estimate of drug-likeness (QED) is 0.127. The Labute approximate surface area is 254 Å². The Morgan fingerprint density at radius 1 is 1.25 bits per heavy atom. The molecule has 16 heteroatoms. The number of nitriles is 1. The lowest BCUT2D eigenvalue weighted by atomic mass is 9.87. The van der Waals surface area contributed by atoms with Gasteiger partial charge in [0.1, 0.15) is 54.6 Å². The SMILES string of the molecule is COCCOC(=O)[C@H](C)NP(=O)(OC[C@H]1O[C@@](C#N)(c2ccc3c(N)ncnn23)[C@H](O)[C@@H]1O)Oc1ccc(C(C)(C)C)cc1. The van der Waals surface area contributed by atoms with Crippen LogP contribution in [-0.4, -0.2) is 82.1 Å². The zero-order valence-electron chi connectivity index (χ0n) is 25.0. The highest BCUT2D eigenvalue weighted by atomic mass is 31.2. The van der Waals surface area contributed by atoms with Crippen molar-refractivity contribution in [3.63, 3.8) is 0 Å². The number of aromatic nitrogens is 3. The fraction of sp³-hybridized carbons (Fsp3) is 0.500. The predicted octanol–water partition coefficient (Wildman–Crippen LogP) is 1.82. The molecule has 15 nitrogen and oxygen atoms in total. The summed E-state index contributed by atoms with van der Waals surface area (Å²) >= 11 is 0. The second kappa shape index (κ2) is 13.2. The van der Waals surface area contributed by atoms with Crippen molar-refractivity contribution in [2.24, 2.45) is 0 Å². The van der Waals surface area contributed by atoms with Crippen LogP contribution < -0.4 is 15.3 Å². The van der Waals surface area contributed by atoms with Gasteiger partial charge in [0.25, 0.3) is 0 Å². The number of nitrogen functional groups attached to an aromatic ring is 1. The first kappa shape index (κ1) is 33.3. The summed E-state index contributed by atoms with van der Waals surface area (Å²) in [4.78, 5) is 16.4. The molecule has 0 bridgehead atoms. The molecule has 0 amide bonds. The molecule has 0 radical (unpaired) electrons. The molecule has 3 heterocycles. The molecule has 1 fully saturated rings. The summed E-state index contributed by atoms with van der Waals surface area (Å²) < 4.78 is 42.7. The molecular weight excluding hydrogens is 595 g/mol. The number of rotatable bonds is 12. The zero-order valence-corrected chi connectivity index (χ0v) is 25.9. The molecule has 6 atom stereocenters. The number of ether oxygens (including phenoxy) is 3. The Hall–Kier alpha value is -3.61. The van der Waals surface area contributed by atoms with Crippen LogP contribution in [0.5, 0.6) is 5.75 Å². The minimum atomic E-state index is -4.38. The van der Waals surface area contributed by atoms with E-state index in [1.807, 2.05) is 39.0 Å². The molecule has 238 valence electrons. The third-order valence-electron chi connectivity index (χ3n) is 7.08. The molecule has 1 aromatic carbocycles. The summed E-state index contributed by atoms with van der Waals surface area (Å²) in [5.74, 6) is -0.443. The third-order valence-corrected chi connectivity index (χ3v) is 8.72. The lowest BCUT2D eigenvalue weighted by Crippen LogP contribution is -2.41. The topological polar surface area (TPSA) is 213 Å². The largest absolute Gasteiger partial charge is 0.462 e.